The maximum absolute atomic E-state index is 14.1. The molecule has 1 aromatic carbocycles. The molecule has 0 aliphatic carbocycles. The second kappa shape index (κ2) is 13.9. The number of benzene rings is 1. The summed E-state index contributed by atoms with van der Waals surface area (Å²) >= 11 is 0. The molecule has 0 bridgehead atoms. The minimum atomic E-state index is -3.02. The molecule has 0 saturated carbocycles. The first kappa shape index (κ1) is 25.8. The molecule has 1 N–H and O–H groups in total. The van der Waals surface area contributed by atoms with Gasteiger partial charge in [-0.2, -0.15) is 8.78 Å². The number of halogens is 4. The summed E-state index contributed by atoms with van der Waals surface area (Å²) < 4.78 is 54.2. The van der Waals surface area contributed by atoms with E-state index in [1.807, 2.05) is 6.92 Å². The van der Waals surface area contributed by atoms with Crippen LogP contribution >= 0.6 is 24.0 Å². The molecule has 1 unspecified atom stereocenters. The molecule has 1 aliphatic rings. The second-order valence-electron chi connectivity index (χ2n) is 6.43. The number of ether oxygens (including phenoxy) is 3. The maximum atomic E-state index is 14.1. The van der Waals surface area contributed by atoms with Crippen molar-refractivity contribution in [3.63, 3.8) is 0 Å². The fourth-order valence-electron chi connectivity index (χ4n) is 3.03. The molecule has 166 valence electrons. The van der Waals surface area contributed by atoms with E-state index < -0.39 is 12.4 Å². The second-order valence-corrected chi connectivity index (χ2v) is 6.43. The van der Waals surface area contributed by atoms with Gasteiger partial charge in [0.2, 0.25) is 0 Å². The topological polar surface area (TPSA) is 55.3 Å². The third-order valence-corrected chi connectivity index (χ3v) is 4.38. The number of nitrogens with zero attached hydrogens (tertiary/aromatic N) is 2. The molecule has 1 aromatic rings. The van der Waals surface area contributed by atoms with Gasteiger partial charge in [-0.05, 0) is 25.5 Å². The molecule has 6 nitrogen and oxygen atoms in total. The van der Waals surface area contributed by atoms with Crippen molar-refractivity contribution in [3.05, 3.63) is 29.6 Å². The summed E-state index contributed by atoms with van der Waals surface area (Å²) in [5, 5.41) is 3.18. The zero-order valence-corrected chi connectivity index (χ0v) is 19.0. The normalized spacial score (nSPS) is 16.8. The monoisotopic (exact) mass is 531 g/mol. The Morgan fingerprint density at radius 3 is 2.83 bits per heavy atom. The SMILES string of the molecule is CCNC(=NCc1c(F)cccc1OC(F)F)N1CCC(COCCOC)C1.I. The molecule has 1 saturated heterocycles. The maximum Gasteiger partial charge on any atom is 0.387 e. The Morgan fingerprint density at radius 1 is 1.34 bits per heavy atom. The average molecular weight is 531 g/mol. The predicted octanol–water partition coefficient (Wildman–Crippen LogP) is 3.50. The van der Waals surface area contributed by atoms with E-state index in [2.05, 4.69) is 19.9 Å². The van der Waals surface area contributed by atoms with Gasteiger partial charge in [0.05, 0.1) is 31.9 Å². The molecular formula is C19H29F3IN3O3. The Morgan fingerprint density at radius 2 is 2.14 bits per heavy atom. The van der Waals surface area contributed by atoms with Gasteiger partial charge in [0.1, 0.15) is 11.6 Å². The zero-order valence-electron chi connectivity index (χ0n) is 16.7. The van der Waals surface area contributed by atoms with Gasteiger partial charge in [0.25, 0.3) is 0 Å². The first-order chi connectivity index (χ1) is 13.5. The summed E-state index contributed by atoms with van der Waals surface area (Å²) in [6.45, 7) is 2.77. The highest BCUT2D eigenvalue weighted by molar-refractivity contribution is 14.0. The average Bonchev–Trinajstić information content (AvgIpc) is 3.12. The molecule has 0 radical (unpaired) electrons. The molecule has 1 aliphatic heterocycles. The molecular weight excluding hydrogens is 502 g/mol. The molecule has 0 spiro atoms. The molecule has 10 heteroatoms. The Balaban J connectivity index is 0.00000420. The van der Waals surface area contributed by atoms with Gasteiger partial charge < -0.3 is 24.4 Å². The van der Waals surface area contributed by atoms with Gasteiger partial charge in [-0.1, -0.05) is 6.07 Å². The third-order valence-electron chi connectivity index (χ3n) is 4.38. The third kappa shape index (κ3) is 8.55. The van der Waals surface area contributed by atoms with Crippen LogP contribution in [0, 0.1) is 11.7 Å². The molecule has 0 aromatic heterocycles. The summed E-state index contributed by atoms with van der Waals surface area (Å²) in [5.41, 5.74) is 0.0110. The highest BCUT2D eigenvalue weighted by Crippen LogP contribution is 2.24. The van der Waals surface area contributed by atoms with Gasteiger partial charge in [-0.15, -0.1) is 24.0 Å². The number of nitrogens with one attached hydrogen (secondary N) is 1. The fraction of sp³-hybridized carbons (Fsp3) is 0.632. The van der Waals surface area contributed by atoms with Crippen LogP contribution in [-0.4, -0.2) is 64.0 Å². The van der Waals surface area contributed by atoms with E-state index >= 15 is 0 Å². The van der Waals surface area contributed by atoms with Crippen molar-refractivity contribution in [2.24, 2.45) is 10.9 Å². The van der Waals surface area contributed by atoms with Gasteiger partial charge >= 0.3 is 6.61 Å². The zero-order chi connectivity index (χ0) is 20.4. The summed E-state index contributed by atoms with van der Waals surface area (Å²) in [6.07, 6.45) is 0.955. The minimum Gasteiger partial charge on any atom is -0.434 e. The van der Waals surface area contributed by atoms with E-state index in [0.29, 0.717) is 38.2 Å². The van der Waals surface area contributed by atoms with E-state index in [4.69, 9.17) is 9.47 Å². The Kier molecular flexibility index (Phi) is 12.3. The number of rotatable bonds is 10. The van der Waals surface area contributed by atoms with Crippen LogP contribution in [0.15, 0.2) is 23.2 Å². The van der Waals surface area contributed by atoms with Crippen LogP contribution in [0.4, 0.5) is 13.2 Å². The van der Waals surface area contributed by atoms with Crippen molar-refractivity contribution in [1.29, 1.82) is 0 Å². The van der Waals surface area contributed by atoms with E-state index in [0.717, 1.165) is 19.5 Å². The number of alkyl halides is 2. The largest absolute Gasteiger partial charge is 0.434 e. The van der Waals surface area contributed by atoms with Gasteiger partial charge in [-0.25, -0.2) is 9.38 Å². The molecule has 1 heterocycles. The molecule has 2 rings (SSSR count). The summed E-state index contributed by atoms with van der Waals surface area (Å²) in [7, 11) is 1.63. The molecule has 29 heavy (non-hydrogen) atoms. The van der Waals surface area contributed by atoms with Crippen LogP contribution in [0.3, 0.4) is 0 Å². The van der Waals surface area contributed by atoms with Crippen molar-refractivity contribution < 1.29 is 27.4 Å². The number of guanidine groups is 1. The Labute approximate surface area is 186 Å². The lowest BCUT2D eigenvalue weighted by molar-refractivity contribution is -0.0506. The van der Waals surface area contributed by atoms with Crippen LogP contribution in [0.25, 0.3) is 0 Å². The van der Waals surface area contributed by atoms with Gasteiger partial charge in [0.15, 0.2) is 5.96 Å². The van der Waals surface area contributed by atoms with Gasteiger partial charge in [-0.3, -0.25) is 0 Å². The van der Waals surface area contributed by atoms with Crippen molar-refractivity contribution >= 4 is 29.9 Å². The first-order valence-electron chi connectivity index (χ1n) is 9.37. The van der Waals surface area contributed by atoms with E-state index in [1.165, 1.54) is 18.2 Å². The van der Waals surface area contributed by atoms with Crippen LogP contribution in [0.1, 0.15) is 18.9 Å². The van der Waals surface area contributed by atoms with Crippen molar-refractivity contribution in [1.82, 2.24) is 10.2 Å². The number of hydrogen-bond acceptors (Lipinski definition) is 4. The number of methoxy groups -OCH3 is 1. The number of likely N-dealkylation sites (tertiary alicyclic amines) is 1. The van der Waals surface area contributed by atoms with Crippen LogP contribution in [-0.2, 0) is 16.0 Å². The summed E-state index contributed by atoms with van der Waals surface area (Å²) in [6, 6.07) is 3.86. The predicted molar refractivity (Wildman–Crippen MR) is 116 cm³/mol. The number of hydrogen-bond donors (Lipinski definition) is 1. The quantitative estimate of drug-likeness (QED) is 0.217. The lowest BCUT2D eigenvalue weighted by Crippen LogP contribution is -2.40. The lowest BCUT2D eigenvalue weighted by Gasteiger charge is -2.22. The minimum absolute atomic E-state index is 0. The van der Waals surface area contributed by atoms with E-state index in [1.54, 1.807) is 7.11 Å². The van der Waals surface area contributed by atoms with Gasteiger partial charge in [0, 0.05) is 32.7 Å². The molecule has 1 atom stereocenters. The van der Waals surface area contributed by atoms with Crippen molar-refractivity contribution in [2.75, 3.05) is 46.6 Å². The van der Waals surface area contributed by atoms with E-state index in [9.17, 15) is 13.2 Å². The summed E-state index contributed by atoms with van der Waals surface area (Å²) in [4.78, 5) is 6.52. The van der Waals surface area contributed by atoms with E-state index in [-0.39, 0.29) is 41.8 Å². The van der Waals surface area contributed by atoms with Crippen molar-refractivity contribution in [2.45, 2.75) is 26.5 Å². The molecule has 1 fully saturated rings. The lowest BCUT2D eigenvalue weighted by atomic mass is 10.1. The van der Waals surface area contributed by atoms with Crippen LogP contribution < -0.4 is 10.1 Å². The number of aliphatic imine (C=N–C) groups is 1. The van der Waals surface area contributed by atoms with Crippen LogP contribution in [0.5, 0.6) is 5.75 Å². The first-order valence-corrected chi connectivity index (χ1v) is 9.37. The Bertz CT molecular complexity index is 638. The Hall–Kier alpha value is -1.27. The fourth-order valence-corrected chi connectivity index (χ4v) is 3.03. The standard InChI is InChI=1S/C19H28F3N3O3.HI/c1-3-23-19(25-8-7-14(12-25)13-27-10-9-26-2)24-11-15-16(20)5-4-6-17(15)28-18(21)22;/h4-6,14,18H,3,7-13H2,1-2H3,(H,23,24);1H. The summed E-state index contributed by atoms with van der Waals surface area (Å²) in [5.74, 6) is 0.170. The van der Waals surface area contributed by atoms with Crippen LogP contribution in [0.2, 0.25) is 0 Å². The smallest absolute Gasteiger partial charge is 0.387 e. The highest BCUT2D eigenvalue weighted by Gasteiger charge is 2.25. The molecule has 0 amide bonds. The van der Waals surface area contributed by atoms with Crippen molar-refractivity contribution in [3.8, 4) is 5.75 Å². The highest BCUT2D eigenvalue weighted by atomic mass is 127.